The lowest BCUT2D eigenvalue weighted by molar-refractivity contribution is -0.267. The van der Waals surface area contributed by atoms with E-state index in [0.29, 0.717) is 29.8 Å². The largest absolute Gasteiger partial charge is 0.388 e. The van der Waals surface area contributed by atoms with E-state index in [1.165, 1.54) is 11.6 Å². The third kappa shape index (κ3) is 9.55. The fourth-order valence-corrected chi connectivity index (χ4v) is 4.69. The van der Waals surface area contributed by atoms with Gasteiger partial charge >= 0.3 is 0 Å². The molecule has 3 amide bonds. The van der Waals surface area contributed by atoms with Crippen LogP contribution in [-0.2, 0) is 30.4 Å². The molecule has 1 aromatic heterocycles. The van der Waals surface area contributed by atoms with Crippen molar-refractivity contribution < 1.29 is 34.1 Å². The normalized spacial score (nSPS) is 23.1. The van der Waals surface area contributed by atoms with Crippen molar-refractivity contribution in [3.8, 4) is 17.3 Å². The Morgan fingerprint density at radius 1 is 1.16 bits per heavy atom. The number of amides is 3. The zero-order chi connectivity index (χ0) is 31.5. The second-order valence-electron chi connectivity index (χ2n) is 10.8. The predicted molar refractivity (Wildman–Crippen MR) is 153 cm³/mol. The molecule has 1 aliphatic heterocycles. The van der Waals surface area contributed by atoms with Crippen LogP contribution in [0.3, 0.4) is 0 Å². The van der Waals surface area contributed by atoms with Crippen LogP contribution in [0.25, 0.3) is 11.3 Å². The van der Waals surface area contributed by atoms with Gasteiger partial charge in [-0.15, -0.1) is 5.10 Å². The van der Waals surface area contributed by atoms with E-state index >= 15 is 0 Å². The number of nitrogens with one attached hydrogen (secondary N) is 2. The number of aromatic nitrogens is 3. The second kappa shape index (κ2) is 16.1. The van der Waals surface area contributed by atoms with Crippen LogP contribution in [0.5, 0.6) is 0 Å². The van der Waals surface area contributed by atoms with Crippen molar-refractivity contribution in [3.63, 3.8) is 0 Å². The number of rotatable bonds is 15. The molecular weight excluding hydrogens is 558 g/mol. The third-order valence-corrected chi connectivity index (χ3v) is 7.53. The number of hydrogen-bond donors (Lipinski definition) is 5. The maximum Gasteiger partial charge on any atom is 0.223 e. The molecule has 1 fully saturated rings. The van der Waals surface area contributed by atoms with Gasteiger partial charge in [0.1, 0.15) is 30.0 Å². The lowest BCUT2D eigenvalue weighted by Crippen LogP contribution is -2.64. The van der Waals surface area contributed by atoms with Crippen molar-refractivity contribution in [1.29, 1.82) is 5.26 Å². The van der Waals surface area contributed by atoms with E-state index in [1.807, 2.05) is 0 Å². The first-order valence-corrected chi connectivity index (χ1v) is 14.4. The average Bonchev–Trinajstić information content (AvgIpc) is 3.46. The van der Waals surface area contributed by atoms with Gasteiger partial charge in [0, 0.05) is 37.5 Å². The first-order valence-electron chi connectivity index (χ1n) is 14.4. The number of carbonyl (C=O) groups is 3. The number of carbonyl (C=O) groups excluding carboxylic acids is 3. The number of primary amides is 1. The molecule has 2 aromatic rings. The van der Waals surface area contributed by atoms with Gasteiger partial charge in [-0.2, -0.15) is 5.26 Å². The summed E-state index contributed by atoms with van der Waals surface area (Å²) in [6.07, 6.45) is 0.0454. The highest BCUT2D eigenvalue weighted by molar-refractivity contribution is 5.86. The number of nitrogens with two attached hydrogens (primary N) is 1. The van der Waals surface area contributed by atoms with Crippen LogP contribution in [-0.4, -0.2) is 86.7 Å². The first kappa shape index (κ1) is 33.6. The summed E-state index contributed by atoms with van der Waals surface area (Å²) >= 11 is 0. The summed E-state index contributed by atoms with van der Waals surface area (Å²) in [7, 11) is 0. The van der Waals surface area contributed by atoms with Gasteiger partial charge in [0.2, 0.25) is 17.7 Å². The number of unbranched alkanes of at least 4 members (excludes halogenated alkanes) is 3. The van der Waals surface area contributed by atoms with Gasteiger partial charge in [-0.1, -0.05) is 44.0 Å². The highest BCUT2D eigenvalue weighted by Crippen LogP contribution is 2.25. The predicted octanol–water partition coefficient (Wildman–Crippen LogP) is 0.219. The average molecular weight is 600 g/mol. The van der Waals surface area contributed by atoms with Crippen molar-refractivity contribution in [2.24, 2.45) is 17.6 Å². The molecule has 1 saturated heterocycles. The summed E-state index contributed by atoms with van der Waals surface area (Å²) in [5, 5.41) is 44.4. The van der Waals surface area contributed by atoms with E-state index < -0.39 is 54.3 Å². The minimum Gasteiger partial charge on any atom is -0.388 e. The molecule has 0 saturated carbocycles. The number of aliphatic hydroxyl groups excluding tert-OH is 2. The second-order valence-corrected chi connectivity index (χ2v) is 10.8. The SMILES string of the molecule is CC(=O)NC1C(OCCCCCCNC(=O)C(C)C(C)C(N)=O)OC(Cn2cc(-c3cccc(C#N)c3)nn2)C(O)C1O. The Labute approximate surface area is 250 Å². The van der Waals surface area contributed by atoms with Gasteiger partial charge < -0.3 is 36.1 Å². The number of benzene rings is 1. The molecule has 0 aliphatic carbocycles. The van der Waals surface area contributed by atoms with Crippen LogP contribution >= 0.6 is 0 Å². The topological polar surface area (TPSA) is 215 Å². The van der Waals surface area contributed by atoms with Gasteiger partial charge in [-0.05, 0) is 25.0 Å². The van der Waals surface area contributed by atoms with Crippen LogP contribution in [0.4, 0.5) is 0 Å². The van der Waals surface area contributed by atoms with E-state index in [2.05, 4.69) is 27.0 Å². The quantitative estimate of drug-likeness (QED) is 0.176. The Morgan fingerprint density at radius 3 is 2.60 bits per heavy atom. The van der Waals surface area contributed by atoms with Crippen LogP contribution in [0, 0.1) is 23.2 Å². The maximum absolute atomic E-state index is 12.1. The van der Waals surface area contributed by atoms with Crippen molar-refractivity contribution in [3.05, 3.63) is 36.0 Å². The van der Waals surface area contributed by atoms with E-state index in [0.717, 1.165) is 19.3 Å². The van der Waals surface area contributed by atoms with Crippen LogP contribution in [0.2, 0.25) is 0 Å². The number of nitriles is 1. The maximum atomic E-state index is 12.1. The van der Waals surface area contributed by atoms with Crippen LogP contribution in [0.1, 0.15) is 52.0 Å². The standard InChI is InChI=1S/C29H41N7O7/c1-17(27(31)40)18(2)28(41)32-11-6-4-5-7-12-42-29-24(33-19(3)37)26(39)25(38)23(43-29)16-36-15-22(34-35-36)21-10-8-9-20(13-21)14-30/h8-10,13,15,17-18,23-26,29,38-39H,4-7,11-12,16H2,1-3H3,(H2,31,40)(H,32,41)(H,33,37). The first-order chi connectivity index (χ1) is 20.5. The monoisotopic (exact) mass is 599 g/mol. The molecule has 1 aromatic carbocycles. The van der Waals surface area contributed by atoms with Gasteiger partial charge in [0.25, 0.3) is 0 Å². The fraction of sp³-hybridized carbons (Fsp3) is 0.586. The van der Waals surface area contributed by atoms with Crippen molar-refractivity contribution >= 4 is 17.7 Å². The summed E-state index contributed by atoms with van der Waals surface area (Å²) < 4.78 is 13.4. The smallest absolute Gasteiger partial charge is 0.223 e. The summed E-state index contributed by atoms with van der Waals surface area (Å²) in [5.74, 6) is -2.16. The molecule has 43 heavy (non-hydrogen) atoms. The Morgan fingerprint density at radius 2 is 1.91 bits per heavy atom. The van der Waals surface area contributed by atoms with Gasteiger partial charge in [0.15, 0.2) is 6.29 Å². The highest BCUT2D eigenvalue weighted by atomic mass is 16.7. The van der Waals surface area contributed by atoms with E-state index in [-0.39, 0.29) is 19.1 Å². The van der Waals surface area contributed by atoms with E-state index in [4.69, 9.17) is 20.5 Å². The zero-order valence-corrected chi connectivity index (χ0v) is 24.7. The molecule has 0 radical (unpaired) electrons. The molecule has 14 nitrogen and oxygen atoms in total. The molecule has 0 bridgehead atoms. The molecule has 7 atom stereocenters. The molecule has 0 spiro atoms. The molecule has 234 valence electrons. The molecule has 3 rings (SSSR count). The lowest BCUT2D eigenvalue weighted by atomic mass is 9.94. The zero-order valence-electron chi connectivity index (χ0n) is 24.7. The summed E-state index contributed by atoms with van der Waals surface area (Å²) in [5.41, 5.74) is 6.99. The Kier molecular flexibility index (Phi) is 12.6. The number of hydrogen-bond acceptors (Lipinski definition) is 10. The lowest BCUT2D eigenvalue weighted by Gasteiger charge is -2.42. The minimum absolute atomic E-state index is 0.0539. The molecule has 14 heteroatoms. The van der Waals surface area contributed by atoms with Gasteiger partial charge in [-0.25, -0.2) is 4.68 Å². The van der Waals surface area contributed by atoms with Crippen LogP contribution in [0.15, 0.2) is 30.5 Å². The van der Waals surface area contributed by atoms with Crippen molar-refractivity contribution in [1.82, 2.24) is 25.6 Å². The molecule has 7 unspecified atom stereocenters. The Bertz CT molecular complexity index is 1280. The van der Waals surface area contributed by atoms with Crippen molar-refractivity contribution in [2.45, 2.75) is 83.6 Å². The summed E-state index contributed by atoms with van der Waals surface area (Å²) in [6, 6.07) is 8.02. The summed E-state index contributed by atoms with van der Waals surface area (Å²) in [4.78, 5) is 35.2. The number of nitrogens with zero attached hydrogens (tertiary/aromatic N) is 4. The number of ether oxygens (including phenoxy) is 2. The minimum atomic E-state index is -1.36. The fourth-order valence-electron chi connectivity index (χ4n) is 4.69. The highest BCUT2D eigenvalue weighted by Gasteiger charge is 2.45. The Balaban J connectivity index is 1.49. The van der Waals surface area contributed by atoms with Gasteiger partial charge in [-0.3, -0.25) is 14.4 Å². The van der Waals surface area contributed by atoms with E-state index in [9.17, 15) is 24.6 Å². The molecule has 1 aliphatic rings. The van der Waals surface area contributed by atoms with Gasteiger partial charge in [0.05, 0.1) is 24.4 Å². The third-order valence-electron chi connectivity index (χ3n) is 7.53. The van der Waals surface area contributed by atoms with E-state index in [1.54, 1.807) is 44.3 Å². The molecule has 2 heterocycles. The molecule has 6 N–H and O–H groups in total. The summed E-state index contributed by atoms with van der Waals surface area (Å²) in [6.45, 7) is 5.41. The molecular formula is C29H41N7O7. The Hall–Kier alpha value is -3.90. The van der Waals surface area contributed by atoms with Crippen LogP contribution < -0.4 is 16.4 Å². The number of aliphatic hydroxyl groups is 2. The van der Waals surface area contributed by atoms with Crippen molar-refractivity contribution in [2.75, 3.05) is 13.2 Å².